The van der Waals surface area contributed by atoms with Gasteiger partial charge in [-0.15, -0.1) is 0 Å². The highest BCUT2D eigenvalue weighted by molar-refractivity contribution is 5.92. The summed E-state index contributed by atoms with van der Waals surface area (Å²) in [7, 11) is 1.54. The Morgan fingerprint density at radius 2 is 1.69 bits per heavy atom. The fourth-order valence-corrected chi connectivity index (χ4v) is 5.40. The lowest BCUT2D eigenvalue weighted by atomic mass is 9.90. The van der Waals surface area contributed by atoms with Gasteiger partial charge in [0, 0.05) is 59.3 Å². The molecule has 0 atom stereocenters. The number of para-hydroxylation sites is 1. The van der Waals surface area contributed by atoms with Gasteiger partial charge in [-0.05, 0) is 42.2 Å². The van der Waals surface area contributed by atoms with E-state index in [0.717, 1.165) is 35.0 Å². The third-order valence-corrected chi connectivity index (χ3v) is 7.59. The Morgan fingerprint density at radius 3 is 2.46 bits per heavy atom. The first-order valence-electron chi connectivity index (χ1n) is 12.7. The normalized spacial score (nSPS) is 14.0. The number of carbonyl (C=O) groups excluding carboxylic acids is 1. The summed E-state index contributed by atoms with van der Waals surface area (Å²) in [4.78, 5) is 29.8. The summed E-state index contributed by atoms with van der Waals surface area (Å²) >= 11 is 0. The maximum absolute atomic E-state index is 15.3. The minimum absolute atomic E-state index is 0.184. The fraction of sp³-hybridized carbons (Fsp3) is 0.129. The van der Waals surface area contributed by atoms with Crippen molar-refractivity contribution in [1.29, 1.82) is 0 Å². The molecule has 1 aliphatic carbocycles. The van der Waals surface area contributed by atoms with Gasteiger partial charge in [0.25, 0.3) is 5.91 Å². The van der Waals surface area contributed by atoms with Gasteiger partial charge in [0.2, 0.25) is 5.78 Å². The van der Waals surface area contributed by atoms with Crippen molar-refractivity contribution in [1.82, 2.24) is 29.7 Å². The molecule has 1 amide bonds. The number of carbonyl (C=O) groups is 1. The van der Waals surface area contributed by atoms with Gasteiger partial charge in [-0.25, -0.2) is 14.4 Å². The number of aromatic nitrogens is 5. The lowest BCUT2D eigenvalue weighted by molar-refractivity contribution is 0.0958. The molecule has 0 bridgehead atoms. The molecule has 0 spiro atoms. The summed E-state index contributed by atoms with van der Waals surface area (Å²) in [6.45, 7) is 0. The second-order valence-electron chi connectivity index (χ2n) is 9.82. The Bertz CT molecular complexity index is 1890. The smallest absolute Gasteiger partial charge is 0.269 e. The number of nitrogens with zero attached hydrogens (tertiary/aromatic N) is 5. The van der Waals surface area contributed by atoms with Crippen LogP contribution in [0.4, 0.5) is 4.39 Å². The van der Waals surface area contributed by atoms with Crippen LogP contribution in [0, 0.1) is 5.82 Å². The zero-order valence-electron chi connectivity index (χ0n) is 21.1. The number of nitrogens with one attached hydrogen (secondary N) is 1. The molecule has 1 aliphatic rings. The summed E-state index contributed by atoms with van der Waals surface area (Å²) in [5.41, 5.74) is 5.85. The molecule has 4 heterocycles. The molecule has 0 saturated heterocycles. The molecule has 0 radical (unpaired) electrons. The van der Waals surface area contributed by atoms with Crippen molar-refractivity contribution in [3.63, 3.8) is 0 Å². The van der Waals surface area contributed by atoms with Crippen LogP contribution in [0.25, 0.3) is 38.9 Å². The van der Waals surface area contributed by atoms with E-state index in [1.165, 1.54) is 17.8 Å². The van der Waals surface area contributed by atoms with Crippen molar-refractivity contribution >= 4 is 22.6 Å². The van der Waals surface area contributed by atoms with Crippen LogP contribution in [-0.4, -0.2) is 37.3 Å². The quantitative estimate of drug-likeness (QED) is 0.324. The van der Waals surface area contributed by atoms with Gasteiger partial charge in [0.15, 0.2) is 0 Å². The Labute approximate surface area is 223 Å². The minimum atomic E-state index is -0.381. The van der Waals surface area contributed by atoms with E-state index in [0.29, 0.717) is 22.5 Å². The second-order valence-corrected chi connectivity index (χ2v) is 9.82. The van der Waals surface area contributed by atoms with Crippen LogP contribution in [0.15, 0.2) is 91.6 Å². The molecule has 0 unspecified atom stereocenters. The van der Waals surface area contributed by atoms with E-state index in [2.05, 4.69) is 44.5 Å². The molecule has 39 heavy (non-hydrogen) atoms. The highest BCUT2D eigenvalue weighted by atomic mass is 19.1. The zero-order chi connectivity index (χ0) is 26.6. The van der Waals surface area contributed by atoms with Crippen molar-refractivity contribution in [3.05, 3.63) is 114 Å². The molecule has 7 nitrogen and oxygen atoms in total. The maximum atomic E-state index is 15.3. The SMILES string of the molecule is CNC(=O)c1ccc(-c2ccc(-c3cnc4ncc(C5(c6cccc7cccnc67)CC5)n4c3)cc2F)cn1. The average Bonchev–Trinajstić information content (AvgIpc) is 3.67. The molecule has 190 valence electrons. The number of fused-ring (bicyclic) bond motifs is 2. The lowest BCUT2D eigenvalue weighted by Gasteiger charge is -2.17. The van der Waals surface area contributed by atoms with E-state index in [9.17, 15) is 4.79 Å². The molecule has 8 heteroatoms. The standard InChI is InChI=1S/C31H23FN6O/c1-33-29(39)26-10-8-21(15-35-26)23-9-7-20(14-25(23)32)22-16-36-30-37-17-27(38(30)18-22)31(11-12-31)24-6-2-4-19-5-3-13-34-28(19)24/h2-10,13-18H,11-12H2,1H3,(H,33,39). The molecule has 6 aromatic rings. The molecule has 1 saturated carbocycles. The summed E-state index contributed by atoms with van der Waals surface area (Å²) in [6.07, 6.45) is 10.9. The van der Waals surface area contributed by atoms with Crippen LogP contribution in [0.5, 0.6) is 0 Å². The Hall–Kier alpha value is -4.98. The van der Waals surface area contributed by atoms with Gasteiger partial charge in [0.1, 0.15) is 11.5 Å². The van der Waals surface area contributed by atoms with Crippen LogP contribution in [0.3, 0.4) is 0 Å². The van der Waals surface area contributed by atoms with E-state index in [4.69, 9.17) is 4.98 Å². The summed E-state index contributed by atoms with van der Waals surface area (Å²) < 4.78 is 17.3. The van der Waals surface area contributed by atoms with E-state index in [-0.39, 0.29) is 22.8 Å². The van der Waals surface area contributed by atoms with Crippen LogP contribution < -0.4 is 5.32 Å². The van der Waals surface area contributed by atoms with Crippen LogP contribution >= 0.6 is 0 Å². The highest BCUT2D eigenvalue weighted by Crippen LogP contribution is 2.54. The third kappa shape index (κ3) is 3.75. The number of rotatable bonds is 5. The first-order valence-corrected chi connectivity index (χ1v) is 12.7. The summed E-state index contributed by atoms with van der Waals surface area (Å²) in [5, 5.41) is 3.65. The number of halogens is 1. The summed E-state index contributed by atoms with van der Waals surface area (Å²) in [5.74, 6) is -0.0649. The predicted octanol–water partition coefficient (Wildman–Crippen LogP) is 5.59. The number of hydrogen-bond acceptors (Lipinski definition) is 5. The third-order valence-electron chi connectivity index (χ3n) is 7.59. The van der Waals surface area contributed by atoms with Gasteiger partial charge >= 0.3 is 0 Å². The Kier molecular flexibility index (Phi) is 5.23. The number of imidazole rings is 1. The van der Waals surface area contributed by atoms with Gasteiger partial charge in [-0.3, -0.25) is 19.2 Å². The van der Waals surface area contributed by atoms with E-state index in [1.807, 2.05) is 35.1 Å². The van der Waals surface area contributed by atoms with Crippen LogP contribution in [-0.2, 0) is 5.41 Å². The molecule has 0 aliphatic heterocycles. The molecular formula is C31H23FN6O. The van der Waals surface area contributed by atoms with Crippen molar-refractivity contribution in [3.8, 4) is 22.3 Å². The van der Waals surface area contributed by atoms with Gasteiger partial charge in [-0.1, -0.05) is 42.5 Å². The first-order chi connectivity index (χ1) is 19.1. The molecule has 2 aromatic carbocycles. The monoisotopic (exact) mass is 514 g/mol. The maximum Gasteiger partial charge on any atom is 0.269 e. The van der Waals surface area contributed by atoms with E-state index < -0.39 is 0 Å². The topological polar surface area (TPSA) is 85.1 Å². The largest absolute Gasteiger partial charge is 0.354 e. The van der Waals surface area contributed by atoms with Crippen molar-refractivity contribution < 1.29 is 9.18 Å². The van der Waals surface area contributed by atoms with Crippen molar-refractivity contribution in [2.75, 3.05) is 7.05 Å². The minimum Gasteiger partial charge on any atom is -0.354 e. The van der Waals surface area contributed by atoms with Crippen LogP contribution in [0.1, 0.15) is 34.6 Å². The van der Waals surface area contributed by atoms with Crippen molar-refractivity contribution in [2.24, 2.45) is 0 Å². The predicted molar refractivity (Wildman–Crippen MR) is 147 cm³/mol. The molecule has 7 rings (SSSR count). The van der Waals surface area contributed by atoms with Crippen molar-refractivity contribution in [2.45, 2.75) is 18.3 Å². The number of hydrogen-bond donors (Lipinski definition) is 1. The fourth-order valence-electron chi connectivity index (χ4n) is 5.40. The zero-order valence-corrected chi connectivity index (χ0v) is 21.1. The Balaban J connectivity index is 1.26. The molecular weight excluding hydrogens is 491 g/mol. The molecule has 4 aromatic heterocycles. The van der Waals surface area contributed by atoms with Crippen LogP contribution in [0.2, 0.25) is 0 Å². The number of amides is 1. The lowest BCUT2D eigenvalue weighted by Crippen LogP contribution is -2.18. The van der Waals surface area contributed by atoms with Gasteiger partial charge in [-0.2, -0.15) is 0 Å². The van der Waals surface area contributed by atoms with Gasteiger partial charge < -0.3 is 5.32 Å². The highest BCUT2D eigenvalue weighted by Gasteiger charge is 2.49. The van der Waals surface area contributed by atoms with E-state index >= 15 is 4.39 Å². The number of benzene rings is 2. The van der Waals surface area contributed by atoms with E-state index in [1.54, 1.807) is 31.4 Å². The molecule has 1 N–H and O–H groups in total. The average molecular weight is 515 g/mol. The summed E-state index contributed by atoms with van der Waals surface area (Å²) in [6, 6.07) is 18.7. The second kappa shape index (κ2) is 8.80. The first kappa shape index (κ1) is 23.2. The van der Waals surface area contributed by atoms with Gasteiger partial charge in [0.05, 0.1) is 17.4 Å². The molecule has 1 fully saturated rings. The Morgan fingerprint density at radius 1 is 0.897 bits per heavy atom. The number of pyridine rings is 2.